The predicted molar refractivity (Wildman–Crippen MR) is 171 cm³/mol. The van der Waals surface area contributed by atoms with Crippen LogP contribution < -0.4 is 21.7 Å². The average molecular weight is 633 g/mol. The van der Waals surface area contributed by atoms with Crippen molar-refractivity contribution in [2.75, 3.05) is 20.8 Å². The minimum absolute atomic E-state index is 0.0114. The van der Waals surface area contributed by atoms with Crippen LogP contribution in [0.4, 0.5) is 0 Å². The first-order valence-electron chi connectivity index (χ1n) is 15.1. The highest BCUT2D eigenvalue weighted by molar-refractivity contribution is 7.54. The lowest BCUT2D eigenvalue weighted by atomic mass is 10.00. The summed E-state index contributed by atoms with van der Waals surface area (Å²) >= 11 is 0. The summed E-state index contributed by atoms with van der Waals surface area (Å²) in [5, 5.41) is 19.5. The highest BCUT2D eigenvalue weighted by atomic mass is 31.2. The molecule has 0 radical (unpaired) electrons. The first-order valence-corrected chi connectivity index (χ1v) is 16.7. The number of nitrogens with two attached hydrogens (primary N) is 1. The molecule has 0 spiro atoms. The molecule has 0 aliphatic rings. The molecule has 3 amide bonds. The molecule has 4 atom stereocenters. The van der Waals surface area contributed by atoms with Crippen molar-refractivity contribution < 1.29 is 33.1 Å². The van der Waals surface area contributed by atoms with Gasteiger partial charge in [-0.05, 0) is 49.3 Å². The van der Waals surface area contributed by atoms with Gasteiger partial charge in [0.25, 0.3) is 0 Å². The monoisotopic (exact) mass is 632 g/mol. The first-order chi connectivity index (χ1) is 21.0. The minimum atomic E-state index is -3.99. The Morgan fingerprint density at radius 2 is 1.34 bits per heavy atom. The Labute approximate surface area is 261 Å². The molecule has 0 aliphatic carbocycles. The molecular weight excluding hydrogens is 583 g/mol. The second-order valence-corrected chi connectivity index (χ2v) is 13.6. The number of rotatable bonds is 20. The van der Waals surface area contributed by atoms with Gasteiger partial charge in [0.1, 0.15) is 12.1 Å². The number of carbonyl (C=O) groups is 3. The molecule has 12 heteroatoms. The van der Waals surface area contributed by atoms with E-state index < -0.39 is 43.4 Å². The summed E-state index contributed by atoms with van der Waals surface area (Å²) in [4.78, 5) is 40.2. The van der Waals surface area contributed by atoms with E-state index in [4.69, 9.17) is 14.8 Å². The normalized spacial score (nSPS) is 14.3. The molecule has 0 heterocycles. The van der Waals surface area contributed by atoms with Gasteiger partial charge in [-0.3, -0.25) is 18.9 Å². The molecule has 0 saturated carbocycles. The third kappa shape index (κ3) is 12.5. The molecule has 6 N–H and O–H groups in total. The number of aliphatic hydroxyl groups excluding tert-OH is 1. The molecule has 0 saturated heterocycles. The quantitative estimate of drug-likeness (QED) is 0.109. The number of hydrogen-bond acceptors (Lipinski definition) is 8. The summed E-state index contributed by atoms with van der Waals surface area (Å²) in [6, 6.07) is 15.4. The number of benzene rings is 2. The van der Waals surface area contributed by atoms with Crippen molar-refractivity contribution in [3.63, 3.8) is 0 Å². The van der Waals surface area contributed by atoms with Crippen LogP contribution in [0.1, 0.15) is 57.1 Å². The van der Waals surface area contributed by atoms with E-state index in [0.29, 0.717) is 13.0 Å². The molecule has 0 fully saturated rings. The van der Waals surface area contributed by atoms with Gasteiger partial charge in [0, 0.05) is 27.1 Å². The number of carbonyl (C=O) groups excluding carboxylic acids is 3. The Morgan fingerprint density at radius 1 is 0.795 bits per heavy atom. The summed E-state index contributed by atoms with van der Waals surface area (Å²) in [5.74, 6) is -3.01. The Hall–Kier alpha value is -3.08. The Bertz CT molecular complexity index is 1190. The van der Waals surface area contributed by atoms with Gasteiger partial charge in [-0.25, -0.2) is 0 Å². The number of hydrogen-bond donors (Lipinski definition) is 5. The zero-order valence-electron chi connectivity index (χ0n) is 26.2. The van der Waals surface area contributed by atoms with Gasteiger partial charge in [-0.1, -0.05) is 80.9 Å². The molecule has 44 heavy (non-hydrogen) atoms. The Kier molecular flexibility index (Phi) is 16.3. The van der Waals surface area contributed by atoms with Crippen molar-refractivity contribution in [2.45, 2.75) is 82.8 Å². The first kappa shape index (κ1) is 37.1. The standard InChI is InChI=1S/C32H49N4O7P/c1-23(2)20-26(30(38)36-28(22-25-16-10-6-11-17-25)32(40)44(41,42-3)43-4)35-31(39)27(21-24-14-8-5-9-15-24)34-29(37)18-12-7-13-19-33/h5-6,8-11,14-17,23,26-28,32,40H,7,12-13,18-22,33H2,1-4H3,(H,34,37)(H,35,39)(H,36,38)/t26-,27-,28-,32?/m0/s1. The van der Waals surface area contributed by atoms with E-state index in [1.807, 2.05) is 74.5 Å². The molecule has 2 aromatic rings. The third-order valence-electron chi connectivity index (χ3n) is 7.20. The summed E-state index contributed by atoms with van der Waals surface area (Å²) in [6.07, 6.45) is 3.18. The van der Waals surface area contributed by atoms with Crippen LogP contribution in [-0.4, -0.2) is 67.6 Å². The van der Waals surface area contributed by atoms with E-state index in [9.17, 15) is 24.1 Å². The van der Waals surface area contributed by atoms with Crippen LogP contribution in [0.5, 0.6) is 0 Å². The van der Waals surface area contributed by atoms with Crippen molar-refractivity contribution in [1.82, 2.24) is 16.0 Å². The highest BCUT2D eigenvalue weighted by Crippen LogP contribution is 2.51. The van der Waals surface area contributed by atoms with Gasteiger partial charge in [0.15, 0.2) is 5.85 Å². The summed E-state index contributed by atoms with van der Waals surface area (Å²) in [7, 11) is -1.67. The molecule has 2 rings (SSSR count). The van der Waals surface area contributed by atoms with Crippen molar-refractivity contribution >= 4 is 25.3 Å². The Morgan fingerprint density at radius 3 is 1.86 bits per heavy atom. The van der Waals surface area contributed by atoms with Crippen LogP contribution >= 0.6 is 7.60 Å². The van der Waals surface area contributed by atoms with Crippen LogP contribution in [-0.2, 0) is 40.8 Å². The van der Waals surface area contributed by atoms with E-state index >= 15 is 0 Å². The van der Waals surface area contributed by atoms with E-state index in [1.165, 1.54) is 0 Å². The fraction of sp³-hybridized carbons (Fsp3) is 0.531. The Balaban J connectivity index is 2.28. The highest BCUT2D eigenvalue weighted by Gasteiger charge is 2.40. The zero-order valence-corrected chi connectivity index (χ0v) is 27.1. The molecule has 244 valence electrons. The lowest BCUT2D eigenvalue weighted by Gasteiger charge is -2.30. The maximum Gasteiger partial charge on any atom is 0.360 e. The van der Waals surface area contributed by atoms with Crippen LogP contribution in [0.15, 0.2) is 60.7 Å². The van der Waals surface area contributed by atoms with Crippen LogP contribution in [0.2, 0.25) is 0 Å². The van der Waals surface area contributed by atoms with Crippen molar-refractivity contribution in [3.05, 3.63) is 71.8 Å². The molecule has 0 bridgehead atoms. The van der Waals surface area contributed by atoms with Gasteiger partial charge in [0.2, 0.25) is 17.7 Å². The number of nitrogens with one attached hydrogen (secondary N) is 3. The van der Waals surface area contributed by atoms with Crippen LogP contribution in [0, 0.1) is 5.92 Å². The van der Waals surface area contributed by atoms with E-state index in [0.717, 1.165) is 38.2 Å². The largest absolute Gasteiger partial charge is 0.379 e. The minimum Gasteiger partial charge on any atom is -0.379 e. The van der Waals surface area contributed by atoms with E-state index in [2.05, 4.69) is 16.0 Å². The molecule has 0 aromatic heterocycles. The van der Waals surface area contributed by atoms with Crippen molar-refractivity contribution in [2.24, 2.45) is 11.7 Å². The van der Waals surface area contributed by atoms with Crippen LogP contribution in [0.3, 0.4) is 0 Å². The fourth-order valence-corrected chi connectivity index (χ4v) is 6.00. The van der Waals surface area contributed by atoms with Gasteiger partial charge in [-0.15, -0.1) is 0 Å². The molecule has 1 unspecified atom stereocenters. The molecule has 0 aliphatic heterocycles. The fourth-order valence-electron chi connectivity index (χ4n) is 4.80. The lowest BCUT2D eigenvalue weighted by Crippen LogP contribution is -2.57. The second kappa shape index (κ2) is 19.3. The topological polar surface area (TPSA) is 169 Å². The average Bonchev–Trinajstić information content (AvgIpc) is 3.02. The van der Waals surface area contributed by atoms with Gasteiger partial charge in [-0.2, -0.15) is 0 Å². The zero-order chi connectivity index (χ0) is 32.5. The van der Waals surface area contributed by atoms with Gasteiger partial charge in [0.05, 0.1) is 6.04 Å². The number of amides is 3. The van der Waals surface area contributed by atoms with Gasteiger partial charge >= 0.3 is 7.60 Å². The summed E-state index contributed by atoms with van der Waals surface area (Å²) in [5.41, 5.74) is 7.17. The van der Waals surface area contributed by atoms with Crippen molar-refractivity contribution in [1.29, 1.82) is 0 Å². The second-order valence-electron chi connectivity index (χ2n) is 11.2. The lowest BCUT2D eigenvalue weighted by molar-refractivity contribution is -0.132. The number of unbranched alkanes of at least 4 members (excludes halogenated alkanes) is 2. The maximum atomic E-state index is 13.7. The van der Waals surface area contributed by atoms with E-state index in [-0.39, 0.29) is 37.5 Å². The molecule has 11 nitrogen and oxygen atoms in total. The molecular formula is C32H49N4O7P. The molecule has 2 aromatic carbocycles. The SMILES string of the molecule is COP(=O)(OC)C(O)[C@H](Cc1ccccc1)NC(=O)[C@H](CC(C)C)NC(=O)[C@H](Cc1ccccc1)NC(=O)CCCCCN. The van der Waals surface area contributed by atoms with Crippen molar-refractivity contribution in [3.8, 4) is 0 Å². The van der Waals surface area contributed by atoms with Crippen LogP contribution in [0.25, 0.3) is 0 Å². The summed E-state index contributed by atoms with van der Waals surface area (Å²) in [6.45, 7) is 4.38. The number of aliphatic hydroxyl groups is 1. The van der Waals surface area contributed by atoms with E-state index in [1.54, 1.807) is 0 Å². The third-order valence-corrected chi connectivity index (χ3v) is 9.23. The summed E-state index contributed by atoms with van der Waals surface area (Å²) < 4.78 is 23.1. The smallest absolute Gasteiger partial charge is 0.360 e. The maximum absolute atomic E-state index is 13.7. The van der Waals surface area contributed by atoms with Gasteiger partial charge < -0.3 is 35.8 Å². The predicted octanol–water partition coefficient (Wildman–Crippen LogP) is 3.30.